The zero-order valence-electron chi connectivity index (χ0n) is 7.48. The number of hydrogen-bond donors (Lipinski definition) is 3. The summed E-state index contributed by atoms with van der Waals surface area (Å²) in [6.07, 6.45) is 9.96. The molecular formula is C10H15NO2. The maximum Gasteiger partial charge on any atom is 0.0755 e. The summed E-state index contributed by atoms with van der Waals surface area (Å²) in [5.41, 5.74) is 0.929. The van der Waals surface area contributed by atoms with Gasteiger partial charge in [-0.25, -0.2) is 0 Å². The van der Waals surface area contributed by atoms with E-state index in [1.165, 1.54) is 0 Å². The molecule has 0 aliphatic carbocycles. The van der Waals surface area contributed by atoms with Gasteiger partial charge in [-0.3, -0.25) is 0 Å². The monoisotopic (exact) mass is 181 g/mol. The standard InChI is InChI=1S/C10H15NO2/c1-2-11-10(7-5-9-13)6-3-4-8-12/h2,4-6,8-9,11-13H,1,3,7H2. The van der Waals surface area contributed by atoms with Crippen LogP contribution in [-0.4, -0.2) is 10.2 Å². The Morgan fingerprint density at radius 3 is 2.46 bits per heavy atom. The molecule has 72 valence electrons. The second-order valence-electron chi connectivity index (χ2n) is 2.29. The molecule has 0 spiro atoms. The Bertz CT molecular complexity index is 217. The lowest BCUT2D eigenvalue weighted by Gasteiger charge is -2.02. The number of aliphatic hydroxyl groups is 2. The highest BCUT2D eigenvalue weighted by atomic mass is 16.2. The first-order valence-corrected chi connectivity index (χ1v) is 4.00. The highest BCUT2D eigenvalue weighted by molar-refractivity contribution is 5.08. The Morgan fingerprint density at radius 2 is 1.92 bits per heavy atom. The van der Waals surface area contributed by atoms with Gasteiger partial charge in [-0.15, -0.1) is 0 Å². The molecule has 0 saturated carbocycles. The lowest BCUT2D eigenvalue weighted by Crippen LogP contribution is -2.02. The van der Waals surface area contributed by atoms with E-state index in [1.807, 2.05) is 6.08 Å². The Balaban J connectivity index is 4.04. The number of rotatable bonds is 6. The molecule has 0 atom stereocenters. The first-order valence-electron chi connectivity index (χ1n) is 4.00. The van der Waals surface area contributed by atoms with Gasteiger partial charge in [0.2, 0.25) is 0 Å². The molecule has 0 unspecified atom stereocenters. The van der Waals surface area contributed by atoms with E-state index < -0.39 is 0 Å². The maximum absolute atomic E-state index is 8.44. The van der Waals surface area contributed by atoms with Crippen LogP contribution in [0.2, 0.25) is 0 Å². The summed E-state index contributed by atoms with van der Waals surface area (Å²) in [6.45, 7) is 3.53. The predicted molar refractivity (Wildman–Crippen MR) is 54.2 cm³/mol. The fourth-order valence-corrected chi connectivity index (χ4v) is 0.783. The quantitative estimate of drug-likeness (QED) is 0.552. The minimum atomic E-state index is 0.613. The fourth-order valence-electron chi connectivity index (χ4n) is 0.783. The number of nitrogens with one attached hydrogen (secondary N) is 1. The molecule has 0 aliphatic rings. The van der Waals surface area contributed by atoms with E-state index in [4.69, 9.17) is 10.2 Å². The molecule has 0 heterocycles. The zero-order valence-corrected chi connectivity index (χ0v) is 7.48. The molecule has 0 aromatic carbocycles. The van der Waals surface area contributed by atoms with Gasteiger partial charge in [-0.1, -0.05) is 12.7 Å². The van der Waals surface area contributed by atoms with Crippen LogP contribution in [0, 0.1) is 0 Å². The van der Waals surface area contributed by atoms with Crippen molar-refractivity contribution in [3.8, 4) is 0 Å². The molecule has 0 rings (SSSR count). The third-order valence-electron chi connectivity index (χ3n) is 1.34. The molecule has 13 heavy (non-hydrogen) atoms. The van der Waals surface area contributed by atoms with Crippen molar-refractivity contribution in [1.29, 1.82) is 0 Å². The highest BCUT2D eigenvalue weighted by Gasteiger charge is 1.89. The second kappa shape index (κ2) is 8.46. The Labute approximate surface area is 78.4 Å². The van der Waals surface area contributed by atoms with E-state index >= 15 is 0 Å². The normalized spacial score (nSPS) is 12.5. The predicted octanol–water partition coefficient (Wildman–Crippen LogP) is 2.53. The van der Waals surface area contributed by atoms with Crippen LogP contribution in [-0.2, 0) is 0 Å². The van der Waals surface area contributed by atoms with E-state index in [2.05, 4.69) is 11.9 Å². The van der Waals surface area contributed by atoms with Gasteiger partial charge < -0.3 is 15.5 Å². The smallest absolute Gasteiger partial charge is 0.0755 e. The summed E-state index contributed by atoms with van der Waals surface area (Å²) in [5.74, 6) is 0. The Kier molecular flexibility index (Phi) is 7.39. The van der Waals surface area contributed by atoms with Crippen molar-refractivity contribution < 1.29 is 10.2 Å². The number of hydrogen-bond acceptors (Lipinski definition) is 3. The van der Waals surface area contributed by atoms with Crippen molar-refractivity contribution in [2.75, 3.05) is 0 Å². The molecule has 3 nitrogen and oxygen atoms in total. The molecule has 3 N–H and O–H groups in total. The first kappa shape index (κ1) is 11.4. The third-order valence-corrected chi connectivity index (χ3v) is 1.34. The fraction of sp³-hybridized carbons (Fsp3) is 0.200. The lowest BCUT2D eigenvalue weighted by molar-refractivity contribution is 0.470. The largest absolute Gasteiger partial charge is 0.516 e. The summed E-state index contributed by atoms with van der Waals surface area (Å²) in [4.78, 5) is 0. The van der Waals surface area contributed by atoms with Crippen molar-refractivity contribution in [2.24, 2.45) is 0 Å². The van der Waals surface area contributed by atoms with Gasteiger partial charge in [-0.05, 0) is 24.8 Å². The van der Waals surface area contributed by atoms with Crippen LogP contribution in [0.1, 0.15) is 12.8 Å². The van der Waals surface area contributed by atoms with Crippen molar-refractivity contribution in [1.82, 2.24) is 5.32 Å². The summed E-state index contributed by atoms with van der Waals surface area (Å²) < 4.78 is 0. The van der Waals surface area contributed by atoms with Crippen molar-refractivity contribution in [3.63, 3.8) is 0 Å². The first-order chi connectivity index (χ1) is 6.35. The van der Waals surface area contributed by atoms with E-state index in [0.29, 0.717) is 12.8 Å². The molecule has 0 amide bonds. The molecule has 0 radical (unpaired) electrons. The molecule has 3 heteroatoms. The number of allylic oxidation sites excluding steroid dienone is 3. The van der Waals surface area contributed by atoms with Crippen molar-refractivity contribution in [2.45, 2.75) is 12.8 Å². The van der Waals surface area contributed by atoms with Crippen molar-refractivity contribution in [3.05, 3.63) is 49.2 Å². The van der Waals surface area contributed by atoms with Gasteiger partial charge in [0.15, 0.2) is 0 Å². The highest BCUT2D eigenvalue weighted by Crippen LogP contribution is 2.00. The third kappa shape index (κ3) is 6.75. The van der Waals surface area contributed by atoms with Gasteiger partial charge in [0, 0.05) is 12.1 Å². The molecule has 0 fully saturated rings. The SMILES string of the molecule is C=CNC(=CCC=CO)CC=CO. The summed E-state index contributed by atoms with van der Waals surface area (Å²) in [7, 11) is 0. The molecule has 0 aromatic heterocycles. The van der Waals surface area contributed by atoms with Gasteiger partial charge in [0.1, 0.15) is 0 Å². The minimum absolute atomic E-state index is 0.613. The average molecular weight is 181 g/mol. The molecular weight excluding hydrogens is 166 g/mol. The van der Waals surface area contributed by atoms with E-state index in [9.17, 15) is 0 Å². The lowest BCUT2D eigenvalue weighted by atomic mass is 10.2. The Hall–Kier alpha value is -1.64. The topological polar surface area (TPSA) is 52.5 Å². The van der Waals surface area contributed by atoms with Gasteiger partial charge >= 0.3 is 0 Å². The van der Waals surface area contributed by atoms with E-state index in [-0.39, 0.29) is 0 Å². The van der Waals surface area contributed by atoms with Gasteiger partial charge in [-0.2, -0.15) is 0 Å². The van der Waals surface area contributed by atoms with Gasteiger partial charge in [0.05, 0.1) is 12.5 Å². The van der Waals surface area contributed by atoms with E-state index in [0.717, 1.165) is 18.2 Å². The van der Waals surface area contributed by atoms with Crippen LogP contribution >= 0.6 is 0 Å². The zero-order chi connectivity index (χ0) is 9.94. The van der Waals surface area contributed by atoms with Crippen LogP contribution in [0.3, 0.4) is 0 Å². The number of aliphatic hydroxyl groups excluding tert-OH is 2. The molecule has 0 aliphatic heterocycles. The van der Waals surface area contributed by atoms with Crippen LogP contribution < -0.4 is 5.32 Å². The molecule has 0 bridgehead atoms. The summed E-state index contributed by atoms with van der Waals surface area (Å²) in [5, 5.41) is 19.7. The Morgan fingerprint density at radius 1 is 1.23 bits per heavy atom. The minimum Gasteiger partial charge on any atom is -0.516 e. The molecule has 0 saturated heterocycles. The summed E-state index contributed by atoms with van der Waals surface area (Å²) >= 11 is 0. The molecule has 0 aromatic rings. The maximum atomic E-state index is 8.44. The van der Waals surface area contributed by atoms with Crippen molar-refractivity contribution >= 4 is 0 Å². The average Bonchev–Trinajstić information content (AvgIpc) is 2.14. The van der Waals surface area contributed by atoms with Gasteiger partial charge in [0.25, 0.3) is 0 Å². The van der Waals surface area contributed by atoms with E-state index in [1.54, 1.807) is 18.4 Å². The van der Waals surface area contributed by atoms with Crippen LogP contribution in [0.5, 0.6) is 0 Å². The summed E-state index contributed by atoms with van der Waals surface area (Å²) in [6, 6.07) is 0. The van der Waals surface area contributed by atoms with Crippen LogP contribution in [0.4, 0.5) is 0 Å². The van der Waals surface area contributed by atoms with Crippen LogP contribution in [0.25, 0.3) is 0 Å². The second-order valence-corrected chi connectivity index (χ2v) is 2.29. The van der Waals surface area contributed by atoms with Crippen LogP contribution in [0.15, 0.2) is 49.2 Å².